The Morgan fingerprint density at radius 2 is 0.962 bits per heavy atom. The Labute approximate surface area is 158 Å². The second-order valence-corrected chi connectivity index (χ2v) is 5.98. The van der Waals surface area contributed by atoms with Crippen LogP contribution in [0, 0.1) is 0 Å². The van der Waals surface area contributed by atoms with Crippen LogP contribution in [-0.2, 0) is 0 Å². The number of hydrogen-bond donors (Lipinski definition) is 2. The molecule has 0 aliphatic rings. The summed E-state index contributed by atoms with van der Waals surface area (Å²) >= 11 is 0. The lowest BCUT2D eigenvalue weighted by Crippen LogP contribution is -2.25. The molecule has 4 N–H and O–H groups in total. The molecule has 132 valence electrons. The maximum Gasteiger partial charge on any atom is 0.280 e. The maximum absolute atomic E-state index is 13.0. The smallest absolute Gasteiger partial charge is 0.280 e. The van der Waals surface area contributed by atoms with Gasteiger partial charge in [-0.05, 0) is 48.5 Å². The van der Waals surface area contributed by atoms with Crippen LogP contribution in [0.2, 0.25) is 0 Å². The van der Waals surface area contributed by atoms with Crippen LogP contribution in [0.3, 0.4) is 0 Å². The van der Waals surface area contributed by atoms with Gasteiger partial charge in [-0.3, -0.25) is 18.4 Å². The molecule has 5 aromatic rings. The molecule has 0 atom stereocenters. The molecule has 0 aliphatic heterocycles. The minimum absolute atomic E-state index is 0. The van der Waals surface area contributed by atoms with E-state index in [1.54, 1.807) is 48.5 Å². The average Bonchev–Trinajstić information content (AvgIpc) is 3.10. The first kappa shape index (κ1) is 17.8. The van der Waals surface area contributed by atoms with Crippen LogP contribution < -0.4 is 22.6 Å². The predicted molar refractivity (Wildman–Crippen MR) is 110 cm³/mol. The van der Waals surface area contributed by atoms with Gasteiger partial charge in [0.2, 0.25) is 0 Å². The highest BCUT2D eigenvalue weighted by atomic mass is 35.5. The van der Waals surface area contributed by atoms with E-state index >= 15 is 0 Å². The molecule has 0 bridgehead atoms. The highest BCUT2D eigenvalue weighted by Crippen LogP contribution is 2.23. The van der Waals surface area contributed by atoms with E-state index in [9.17, 15) is 9.59 Å². The van der Waals surface area contributed by atoms with Crippen molar-refractivity contribution in [3.8, 4) is 0 Å². The van der Waals surface area contributed by atoms with Crippen molar-refractivity contribution in [1.82, 2.24) is 8.80 Å². The van der Waals surface area contributed by atoms with E-state index in [1.807, 2.05) is 0 Å². The van der Waals surface area contributed by atoms with E-state index in [4.69, 9.17) is 11.5 Å². The average molecular weight is 389 g/mol. The molecule has 5 rings (SSSR count). The first-order valence-electron chi connectivity index (χ1n) is 7.46. The summed E-state index contributed by atoms with van der Waals surface area (Å²) in [4.78, 5) is 26.0. The molecule has 26 heavy (non-hydrogen) atoms. The minimum Gasteiger partial charge on any atom is -0.399 e. The number of nitrogen functional groups attached to an aromatic ring is 2. The summed E-state index contributed by atoms with van der Waals surface area (Å²) in [6, 6.07) is 13.9. The zero-order valence-corrected chi connectivity index (χ0v) is 14.9. The van der Waals surface area contributed by atoms with Gasteiger partial charge in [0, 0.05) is 22.1 Å². The molecule has 0 spiro atoms. The van der Waals surface area contributed by atoms with Crippen LogP contribution in [-0.4, -0.2) is 8.80 Å². The van der Waals surface area contributed by atoms with Gasteiger partial charge in [-0.25, -0.2) is 0 Å². The van der Waals surface area contributed by atoms with Crippen LogP contribution >= 0.6 is 24.8 Å². The number of fused-ring (bicyclic) bond motifs is 6. The SMILES string of the molecule is Cl.Cl.Nc1ccc2c(c1)cc1c(=O)n3c(cc4cc(N)ccc43)c(=O)n12. The normalized spacial score (nSPS) is 11.1. The van der Waals surface area contributed by atoms with Gasteiger partial charge in [0.05, 0.1) is 11.0 Å². The third kappa shape index (κ3) is 2.13. The molecule has 0 amide bonds. The molecule has 0 saturated carbocycles. The van der Waals surface area contributed by atoms with Gasteiger partial charge in [0.15, 0.2) is 0 Å². The van der Waals surface area contributed by atoms with Crippen molar-refractivity contribution in [2.24, 2.45) is 0 Å². The summed E-state index contributed by atoms with van der Waals surface area (Å²) in [6.07, 6.45) is 0. The van der Waals surface area contributed by atoms with Crippen molar-refractivity contribution in [3.63, 3.8) is 0 Å². The molecule has 0 unspecified atom stereocenters. The zero-order chi connectivity index (χ0) is 16.6. The fourth-order valence-corrected chi connectivity index (χ4v) is 3.45. The van der Waals surface area contributed by atoms with Crippen molar-refractivity contribution < 1.29 is 0 Å². The van der Waals surface area contributed by atoms with E-state index < -0.39 is 0 Å². The lowest BCUT2D eigenvalue weighted by atomic mass is 10.2. The first-order valence-corrected chi connectivity index (χ1v) is 7.46. The second kappa shape index (κ2) is 5.79. The van der Waals surface area contributed by atoms with Gasteiger partial charge in [-0.2, -0.15) is 0 Å². The van der Waals surface area contributed by atoms with Crippen LogP contribution in [0.15, 0.2) is 58.1 Å². The van der Waals surface area contributed by atoms with Crippen molar-refractivity contribution in [2.45, 2.75) is 0 Å². The van der Waals surface area contributed by atoms with Crippen molar-refractivity contribution >= 4 is 69.0 Å². The minimum atomic E-state index is -0.237. The van der Waals surface area contributed by atoms with E-state index in [1.165, 1.54) is 8.80 Å². The lowest BCUT2D eigenvalue weighted by Gasteiger charge is -2.00. The number of rotatable bonds is 0. The number of benzene rings is 2. The third-order valence-corrected chi connectivity index (χ3v) is 4.50. The molecule has 6 nitrogen and oxygen atoms in total. The van der Waals surface area contributed by atoms with Crippen LogP contribution in [0.5, 0.6) is 0 Å². The number of hydrogen-bond acceptors (Lipinski definition) is 4. The highest BCUT2D eigenvalue weighted by molar-refractivity contribution is 5.93. The van der Waals surface area contributed by atoms with Crippen molar-refractivity contribution in [1.29, 1.82) is 0 Å². The van der Waals surface area contributed by atoms with Gasteiger partial charge in [0.1, 0.15) is 11.0 Å². The molecule has 0 radical (unpaired) electrons. The molecule has 0 saturated heterocycles. The largest absolute Gasteiger partial charge is 0.399 e. The molecule has 3 aromatic heterocycles. The van der Waals surface area contributed by atoms with E-state index in [-0.39, 0.29) is 35.9 Å². The number of aromatic nitrogens is 2. The summed E-state index contributed by atoms with van der Waals surface area (Å²) in [6.45, 7) is 0. The molecule has 3 heterocycles. The summed E-state index contributed by atoms with van der Waals surface area (Å²) in [7, 11) is 0. The molecule has 0 aliphatic carbocycles. The molecule has 8 heteroatoms. The van der Waals surface area contributed by atoms with Crippen LogP contribution in [0.25, 0.3) is 32.8 Å². The highest BCUT2D eigenvalue weighted by Gasteiger charge is 2.16. The Kier molecular flexibility index (Phi) is 3.98. The van der Waals surface area contributed by atoms with Gasteiger partial charge in [-0.15, -0.1) is 24.8 Å². The fourth-order valence-electron chi connectivity index (χ4n) is 3.45. The molecule has 0 fully saturated rings. The van der Waals surface area contributed by atoms with E-state index in [2.05, 4.69) is 0 Å². The van der Waals surface area contributed by atoms with Crippen LogP contribution in [0.1, 0.15) is 0 Å². The van der Waals surface area contributed by atoms with Crippen molar-refractivity contribution in [3.05, 3.63) is 69.2 Å². The number of nitrogens with two attached hydrogens (primary N) is 2. The number of anilines is 2. The summed E-state index contributed by atoms with van der Waals surface area (Å²) in [5, 5.41) is 1.54. The van der Waals surface area contributed by atoms with Gasteiger partial charge < -0.3 is 11.5 Å². The maximum atomic E-state index is 13.0. The Morgan fingerprint density at radius 3 is 1.35 bits per heavy atom. The third-order valence-electron chi connectivity index (χ3n) is 4.50. The quantitative estimate of drug-likeness (QED) is 0.398. The predicted octanol–water partition coefficient (Wildman–Crippen LogP) is 2.66. The van der Waals surface area contributed by atoms with Gasteiger partial charge in [-0.1, -0.05) is 0 Å². The Balaban J connectivity index is 0.000000980. The van der Waals surface area contributed by atoms with Crippen molar-refractivity contribution in [2.75, 3.05) is 11.5 Å². The first-order chi connectivity index (χ1) is 11.5. The van der Waals surface area contributed by atoms with E-state index in [0.29, 0.717) is 33.4 Å². The topological polar surface area (TPSA) is 95.0 Å². The second-order valence-electron chi connectivity index (χ2n) is 5.98. The van der Waals surface area contributed by atoms with Gasteiger partial charge >= 0.3 is 0 Å². The summed E-state index contributed by atoms with van der Waals surface area (Å²) in [5.41, 5.74) is 14.3. The molecule has 2 aromatic carbocycles. The summed E-state index contributed by atoms with van der Waals surface area (Å²) < 4.78 is 2.91. The zero-order valence-electron chi connectivity index (χ0n) is 13.3. The van der Waals surface area contributed by atoms with E-state index in [0.717, 1.165) is 10.8 Å². The standard InChI is InChI=1S/C18H12N4O2.2ClH/c19-11-1-3-13-9(5-11)7-15-18(24)22-14-4-2-12(20)6-10(14)8-16(22)17(23)21(13)15;;/h1-8H,19-20H2;2*1H. The molecular weight excluding hydrogens is 375 g/mol. The Bertz CT molecular complexity index is 1310. The molecular formula is C18H14Cl2N4O2. The number of halogens is 2. The fraction of sp³-hybridized carbons (Fsp3) is 0. The Morgan fingerprint density at radius 1 is 0.577 bits per heavy atom. The summed E-state index contributed by atoms with van der Waals surface area (Å²) in [5.74, 6) is 0. The lowest BCUT2D eigenvalue weighted by molar-refractivity contribution is 1.07. The van der Waals surface area contributed by atoms with Gasteiger partial charge in [0.25, 0.3) is 11.1 Å². The number of nitrogens with zero attached hydrogens (tertiary/aromatic N) is 2. The Hall–Kier alpha value is -2.96. The van der Waals surface area contributed by atoms with Crippen LogP contribution in [0.4, 0.5) is 11.4 Å². The monoisotopic (exact) mass is 388 g/mol.